The molecule has 0 amide bonds. The van der Waals surface area contributed by atoms with Crippen LogP contribution in [0.15, 0.2) is 29.3 Å². The van der Waals surface area contributed by atoms with E-state index in [2.05, 4.69) is 31.7 Å². The molecule has 1 aromatic heterocycles. The maximum absolute atomic E-state index is 5.33. The average molecular weight is 331 g/mol. The van der Waals surface area contributed by atoms with Gasteiger partial charge < -0.3 is 20.4 Å². The predicted octanol–water partition coefficient (Wildman–Crippen LogP) is 2.48. The van der Waals surface area contributed by atoms with Crippen molar-refractivity contribution in [2.75, 3.05) is 33.4 Å². The summed E-state index contributed by atoms with van der Waals surface area (Å²) in [5.41, 5.74) is 2.13. The molecular formula is C18H29N5O. The van der Waals surface area contributed by atoms with Crippen molar-refractivity contribution >= 4 is 17.0 Å². The Bertz CT molecular complexity index is 590. The van der Waals surface area contributed by atoms with Gasteiger partial charge in [0, 0.05) is 39.8 Å². The standard InChI is InChI=1S/C18H29N5O/c1-3-24-14-7-6-12-20-18(19-2)21-13-8-11-17-22-15-9-4-5-10-16(15)23-17/h4-5,9-10H,3,6-8,11-14H2,1-2H3,(H,22,23)(H2,19,20,21). The van der Waals surface area contributed by atoms with Crippen LogP contribution >= 0.6 is 0 Å². The quantitative estimate of drug-likeness (QED) is 0.355. The van der Waals surface area contributed by atoms with Crippen LogP contribution in [0.25, 0.3) is 11.0 Å². The molecule has 0 unspecified atom stereocenters. The molecule has 6 heteroatoms. The van der Waals surface area contributed by atoms with Gasteiger partial charge in [-0.1, -0.05) is 12.1 Å². The number of imidazole rings is 1. The molecule has 2 rings (SSSR count). The van der Waals surface area contributed by atoms with Crippen LogP contribution < -0.4 is 10.6 Å². The Balaban J connectivity index is 1.59. The normalized spacial score (nSPS) is 11.8. The van der Waals surface area contributed by atoms with Crippen molar-refractivity contribution in [3.05, 3.63) is 30.1 Å². The van der Waals surface area contributed by atoms with Crippen molar-refractivity contribution in [3.8, 4) is 0 Å². The third-order valence-electron chi connectivity index (χ3n) is 3.76. The summed E-state index contributed by atoms with van der Waals surface area (Å²) >= 11 is 0. The summed E-state index contributed by atoms with van der Waals surface area (Å²) in [6.07, 6.45) is 4.08. The summed E-state index contributed by atoms with van der Waals surface area (Å²) in [5, 5.41) is 6.67. The second kappa shape index (κ2) is 10.6. The van der Waals surface area contributed by atoms with E-state index in [0.717, 1.165) is 74.8 Å². The zero-order chi connectivity index (χ0) is 17.0. The maximum atomic E-state index is 5.33. The van der Waals surface area contributed by atoms with Crippen LogP contribution in [0.2, 0.25) is 0 Å². The first-order chi connectivity index (χ1) is 11.8. The van der Waals surface area contributed by atoms with Gasteiger partial charge in [0.1, 0.15) is 5.82 Å². The van der Waals surface area contributed by atoms with Crippen LogP contribution in [-0.2, 0) is 11.2 Å². The molecule has 2 aromatic rings. The monoisotopic (exact) mass is 331 g/mol. The van der Waals surface area contributed by atoms with Gasteiger partial charge in [0.2, 0.25) is 0 Å². The van der Waals surface area contributed by atoms with Crippen molar-refractivity contribution in [2.24, 2.45) is 4.99 Å². The van der Waals surface area contributed by atoms with Crippen molar-refractivity contribution in [2.45, 2.75) is 32.6 Å². The number of rotatable bonds is 10. The number of H-pyrrole nitrogens is 1. The zero-order valence-corrected chi connectivity index (χ0v) is 14.8. The summed E-state index contributed by atoms with van der Waals surface area (Å²) in [4.78, 5) is 12.2. The minimum absolute atomic E-state index is 0.794. The second-order valence-corrected chi connectivity index (χ2v) is 5.63. The lowest BCUT2D eigenvalue weighted by atomic mass is 10.3. The van der Waals surface area contributed by atoms with E-state index in [9.17, 15) is 0 Å². The van der Waals surface area contributed by atoms with Gasteiger partial charge in [0.25, 0.3) is 0 Å². The number of aryl methyl sites for hydroxylation is 1. The molecule has 132 valence electrons. The van der Waals surface area contributed by atoms with Gasteiger partial charge in [-0.3, -0.25) is 4.99 Å². The molecule has 1 heterocycles. The smallest absolute Gasteiger partial charge is 0.190 e. The lowest BCUT2D eigenvalue weighted by Crippen LogP contribution is -2.38. The number of unbranched alkanes of at least 4 members (excludes halogenated alkanes) is 1. The van der Waals surface area contributed by atoms with Gasteiger partial charge in [-0.15, -0.1) is 0 Å². The van der Waals surface area contributed by atoms with E-state index in [-0.39, 0.29) is 0 Å². The Morgan fingerprint density at radius 2 is 1.96 bits per heavy atom. The minimum atomic E-state index is 0.794. The number of hydrogen-bond acceptors (Lipinski definition) is 3. The topological polar surface area (TPSA) is 74.3 Å². The number of benzene rings is 1. The molecule has 0 atom stereocenters. The average Bonchev–Trinajstić information content (AvgIpc) is 3.02. The van der Waals surface area contributed by atoms with Crippen LogP contribution in [0.4, 0.5) is 0 Å². The van der Waals surface area contributed by atoms with Gasteiger partial charge in [-0.05, 0) is 38.3 Å². The molecule has 3 N–H and O–H groups in total. The Labute approximate surface area is 144 Å². The number of hydrogen-bond donors (Lipinski definition) is 3. The van der Waals surface area contributed by atoms with Crippen LogP contribution in [0.5, 0.6) is 0 Å². The van der Waals surface area contributed by atoms with E-state index in [0.29, 0.717) is 0 Å². The molecule has 1 aromatic carbocycles. The molecule has 6 nitrogen and oxygen atoms in total. The van der Waals surface area contributed by atoms with Crippen molar-refractivity contribution in [3.63, 3.8) is 0 Å². The Hall–Kier alpha value is -2.08. The first-order valence-electron chi connectivity index (χ1n) is 8.79. The molecule has 0 aliphatic carbocycles. The summed E-state index contributed by atoms with van der Waals surface area (Å²) in [5.74, 6) is 1.90. The second-order valence-electron chi connectivity index (χ2n) is 5.63. The van der Waals surface area contributed by atoms with Crippen LogP contribution in [0, 0.1) is 0 Å². The van der Waals surface area contributed by atoms with Crippen molar-refractivity contribution in [1.82, 2.24) is 20.6 Å². The maximum Gasteiger partial charge on any atom is 0.190 e. The van der Waals surface area contributed by atoms with Gasteiger partial charge >= 0.3 is 0 Å². The summed E-state index contributed by atoms with van der Waals surface area (Å²) < 4.78 is 5.33. The predicted molar refractivity (Wildman–Crippen MR) is 99.5 cm³/mol. The Morgan fingerprint density at radius 1 is 1.17 bits per heavy atom. The number of aliphatic imine (C=N–C) groups is 1. The van der Waals surface area contributed by atoms with E-state index in [1.807, 2.05) is 25.1 Å². The fraction of sp³-hybridized carbons (Fsp3) is 0.556. The number of nitrogens with one attached hydrogen (secondary N) is 3. The number of fused-ring (bicyclic) bond motifs is 1. The largest absolute Gasteiger partial charge is 0.382 e. The highest BCUT2D eigenvalue weighted by molar-refractivity contribution is 5.79. The Kier molecular flexibility index (Phi) is 8.10. The van der Waals surface area contributed by atoms with E-state index in [4.69, 9.17) is 4.74 Å². The molecule has 0 spiro atoms. The van der Waals surface area contributed by atoms with Gasteiger partial charge in [-0.2, -0.15) is 0 Å². The summed E-state index contributed by atoms with van der Waals surface area (Å²) in [6, 6.07) is 8.13. The first-order valence-corrected chi connectivity index (χ1v) is 8.79. The SMILES string of the molecule is CCOCCCCNC(=NC)NCCCc1nc2ccccc2[nH]1. The third-order valence-corrected chi connectivity index (χ3v) is 3.76. The number of guanidine groups is 1. The molecule has 0 fully saturated rings. The molecule has 0 aliphatic heterocycles. The molecular weight excluding hydrogens is 302 g/mol. The number of aromatic amines is 1. The third kappa shape index (κ3) is 6.20. The minimum Gasteiger partial charge on any atom is -0.382 e. The number of ether oxygens (including phenoxy) is 1. The summed E-state index contributed by atoms with van der Waals surface area (Å²) in [6.45, 7) is 5.44. The lowest BCUT2D eigenvalue weighted by Gasteiger charge is -2.11. The fourth-order valence-electron chi connectivity index (χ4n) is 2.49. The molecule has 0 saturated heterocycles. The number of aromatic nitrogens is 2. The first kappa shape index (κ1) is 18.3. The van der Waals surface area contributed by atoms with Crippen molar-refractivity contribution < 1.29 is 4.74 Å². The lowest BCUT2D eigenvalue weighted by molar-refractivity contribution is 0.143. The molecule has 0 aliphatic rings. The van der Waals surface area contributed by atoms with Crippen molar-refractivity contribution in [1.29, 1.82) is 0 Å². The highest BCUT2D eigenvalue weighted by atomic mass is 16.5. The number of para-hydroxylation sites is 2. The van der Waals surface area contributed by atoms with Crippen LogP contribution in [0.3, 0.4) is 0 Å². The van der Waals surface area contributed by atoms with Crippen LogP contribution in [0.1, 0.15) is 32.0 Å². The highest BCUT2D eigenvalue weighted by Gasteiger charge is 2.02. The molecule has 0 bridgehead atoms. The molecule has 0 saturated carbocycles. The van der Waals surface area contributed by atoms with Crippen LogP contribution in [-0.4, -0.2) is 49.3 Å². The van der Waals surface area contributed by atoms with Gasteiger partial charge in [-0.25, -0.2) is 4.98 Å². The highest BCUT2D eigenvalue weighted by Crippen LogP contribution is 2.10. The van der Waals surface area contributed by atoms with E-state index >= 15 is 0 Å². The zero-order valence-electron chi connectivity index (χ0n) is 14.8. The van der Waals surface area contributed by atoms with E-state index in [1.165, 1.54) is 0 Å². The van der Waals surface area contributed by atoms with E-state index in [1.54, 1.807) is 7.05 Å². The van der Waals surface area contributed by atoms with Gasteiger partial charge in [0.15, 0.2) is 5.96 Å². The Morgan fingerprint density at radius 3 is 2.71 bits per heavy atom. The molecule has 0 radical (unpaired) electrons. The fourth-order valence-corrected chi connectivity index (χ4v) is 2.49. The molecule has 24 heavy (non-hydrogen) atoms. The van der Waals surface area contributed by atoms with Gasteiger partial charge in [0.05, 0.1) is 11.0 Å². The number of nitrogens with zero attached hydrogens (tertiary/aromatic N) is 2. The van der Waals surface area contributed by atoms with E-state index < -0.39 is 0 Å². The summed E-state index contributed by atoms with van der Waals surface area (Å²) in [7, 11) is 1.80.